The van der Waals surface area contributed by atoms with Gasteiger partial charge in [0.05, 0.1) is 6.61 Å². The third-order valence-corrected chi connectivity index (χ3v) is 8.39. The molecule has 36 heavy (non-hydrogen) atoms. The second-order valence-electron chi connectivity index (χ2n) is 10.9. The average Bonchev–Trinajstić information content (AvgIpc) is 2.91. The van der Waals surface area contributed by atoms with Crippen molar-refractivity contribution < 1.29 is 13.5 Å². The van der Waals surface area contributed by atoms with Crippen LogP contribution in [-0.2, 0) is 6.42 Å². The van der Waals surface area contributed by atoms with Gasteiger partial charge in [-0.05, 0) is 119 Å². The lowest BCUT2D eigenvalue weighted by atomic mass is 9.77. The maximum absolute atomic E-state index is 14.6. The number of aryl methyl sites for hydroxylation is 1. The van der Waals surface area contributed by atoms with Crippen LogP contribution in [-0.4, -0.2) is 11.6 Å². The van der Waals surface area contributed by atoms with Gasteiger partial charge in [-0.1, -0.05) is 37.6 Å². The molecule has 2 saturated carbocycles. The Labute approximate surface area is 216 Å². The van der Waals surface area contributed by atoms with E-state index in [1.165, 1.54) is 49.8 Å². The molecule has 1 aromatic heterocycles. The van der Waals surface area contributed by atoms with Crippen LogP contribution in [0.1, 0.15) is 113 Å². The van der Waals surface area contributed by atoms with Gasteiger partial charge >= 0.3 is 0 Å². The standard InChI is InChI=1S/C32H43F2NO/c1-3-7-25-14-20-29(35-22-25)27-17-12-24(13-18-27)9-6-5-8-23-10-15-26(16-11-23)28-19-21-30(36-4-2)32(34)31(28)33/h6,9,14,19-24,26-27H,3-5,7-8,10-13,15-18H2,1-2H3/b9-6+. The topological polar surface area (TPSA) is 22.1 Å². The quantitative estimate of drug-likeness (QED) is 0.306. The molecule has 4 heteroatoms. The van der Waals surface area contributed by atoms with Crippen molar-refractivity contribution in [2.24, 2.45) is 11.8 Å². The van der Waals surface area contributed by atoms with Crippen molar-refractivity contribution in [1.82, 2.24) is 4.98 Å². The predicted octanol–water partition coefficient (Wildman–Crippen LogP) is 9.30. The molecule has 1 aromatic carbocycles. The summed E-state index contributed by atoms with van der Waals surface area (Å²) in [5, 5.41) is 0. The van der Waals surface area contributed by atoms with Crippen LogP contribution >= 0.6 is 0 Å². The molecule has 0 spiro atoms. The lowest BCUT2D eigenvalue weighted by Gasteiger charge is -2.29. The lowest BCUT2D eigenvalue weighted by molar-refractivity contribution is 0.297. The molecule has 0 unspecified atom stereocenters. The van der Waals surface area contributed by atoms with E-state index in [1.54, 1.807) is 19.1 Å². The zero-order chi connectivity index (χ0) is 25.3. The molecule has 2 fully saturated rings. The lowest BCUT2D eigenvalue weighted by Crippen LogP contribution is -2.15. The zero-order valence-electron chi connectivity index (χ0n) is 22.2. The summed E-state index contributed by atoms with van der Waals surface area (Å²) in [7, 11) is 0. The molecule has 0 atom stereocenters. The van der Waals surface area contributed by atoms with E-state index in [9.17, 15) is 8.78 Å². The van der Waals surface area contributed by atoms with Crippen LogP contribution in [0, 0.1) is 23.5 Å². The Morgan fingerprint density at radius 3 is 2.31 bits per heavy atom. The number of allylic oxidation sites excluding steroid dienone is 2. The van der Waals surface area contributed by atoms with Crippen molar-refractivity contribution in [2.45, 2.75) is 103 Å². The molecule has 196 valence electrons. The van der Waals surface area contributed by atoms with Crippen LogP contribution in [0.2, 0.25) is 0 Å². The molecule has 0 aliphatic heterocycles. The summed E-state index contributed by atoms with van der Waals surface area (Å²) in [5.41, 5.74) is 3.15. The fourth-order valence-electron chi connectivity index (χ4n) is 6.23. The van der Waals surface area contributed by atoms with Crippen molar-refractivity contribution in [3.8, 4) is 5.75 Å². The van der Waals surface area contributed by atoms with Gasteiger partial charge in [-0.3, -0.25) is 4.98 Å². The number of rotatable bonds is 10. The minimum Gasteiger partial charge on any atom is -0.491 e. The van der Waals surface area contributed by atoms with Crippen LogP contribution < -0.4 is 4.74 Å². The number of nitrogens with zero attached hydrogens (tertiary/aromatic N) is 1. The highest BCUT2D eigenvalue weighted by Gasteiger charge is 2.26. The van der Waals surface area contributed by atoms with Gasteiger partial charge < -0.3 is 4.74 Å². The van der Waals surface area contributed by atoms with Crippen LogP contribution in [0.15, 0.2) is 42.6 Å². The van der Waals surface area contributed by atoms with Gasteiger partial charge in [0.25, 0.3) is 0 Å². The van der Waals surface area contributed by atoms with Gasteiger partial charge in [0, 0.05) is 17.8 Å². The van der Waals surface area contributed by atoms with Crippen molar-refractivity contribution in [1.29, 1.82) is 0 Å². The summed E-state index contributed by atoms with van der Waals surface area (Å²) >= 11 is 0. The molecule has 0 amide bonds. The van der Waals surface area contributed by atoms with Gasteiger partial charge in [-0.2, -0.15) is 4.39 Å². The van der Waals surface area contributed by atoms with E-state index in [-0.39, 0.29) is 11.7 Å². The number of aromatic nitrogens is 1. The van der Waals surface area contributed by atoms with Crippen LogP contribution in [0.4, 0.5) is 8.78 Å². The summed E-state index contributed by atoms with van der Waals surface area (Å²) in [4.78, 5) is 4.76. The zero-order valence-corrected chi connectivity index (χ0v) is 22.2. The van der Waals surface area contributed by atoms with Gasteiger partial charge in [0.15, 0.2) is 11.6 Å². The highest BCUT2D eigenvalue weighted by Crippen LogP contribution is 2.40. The first kappa shape index (κ1) is 26.8. The molecule has 0 radical (unpaired) electrons. The van der Waals surface area contributed by atoms with E-state index in [0.717, 1.165) is 38.5 Å². The molecular weight excluding hydrogens is 452 g/mol. The molecule has 0 N–H and O–H groups in total. The maximum Gasteiger partial charge on any atom is 0.200 e. The van der Waals surface area contributed by atoms with Crippen molar-refractivity contribution >= 4 is 0 Å². The summed E-state index contributed by atoms with van der Waals surface area (Å²) in [6, 6.07) is 7.82. The maximum atomic E-state index is 14.6. The largest absolute Gasteiger partial charge is 0.491 e. The molecule has 2 aliphatic carbocycles. The molecule has 1 heterocycles. The molecular formula is C32H43F2NO. The molecule has 0 saturated heterocycles. The number of pyridine rings is 1. The van der Waals surface area contributed by atoms with Crippen molar-refractivity contribution in [2.75, 3.05) is 6.61 Å². The minimum absolute atomic E-state index is 0.0189. The van der Waals surface area contributed by atoms with E-state index in [2.05, 4.69) is 37.4 Å². The Bertz CT molecular complexity index is 970. The Morgan fingerprint density at radius 2 is 1.64 bits per heavy atom. The highest BCUT2D eigenvalue weighted by atomic mass is 19.2. The van der Waals surface area contributed by atoms with Gasteiger partial charge in [-0.15, -0.1) is 0 Å². The number of hydrogen-bond donors (Lipinski definition) is 0. The van der Waals surface area contributed by atoms with E-state index in [4.69, 9.17) is 9.72 Å². The van der Waals surface area contributed by atoms with Crippen LogP contribution in [0.25, 0.3) is 0 Å². The molecule has 2 aromatic rings. The average molecular weight is 496 g/mol. The first-order valence-electron chi connectivity index (χ1n) is 14.3. The van der Waals surface area contributed by atoms with Gasteiger partial charge in [-0.25, -0.2) is 4.39 Å². The van der Waals surface area contributed by atoms with E-state index in [1.807, 2.05) is 0 Å². The second kappa shape index (κ2) is 13.4. The monoisotopic (exact) mass is 495 g/mol. The first-order valence-corrected chi connectivity index (χ1v) is 14.3. The normalized spacial score (nSPS) is 24.8. The van der Waals surface area contributed by atoms with E-state index >= 15 is 0 Å². The Morgan fingerprint density at radius 1 is 0.889 bits per heavy atom. The fraction of sp³-hybridized carbons (Fsp3) is 0.594. The van der Waals surface area contributed by atoms with E-state index < -0.39 is 11.6 Å². The first-order chi connectivity index (χ1) is 17.6. The van der Waals surface area contributed by atoms with Crippen LogP contribution in [0.5, 0.6) is 5.75 Å². The molecule has 2 nitrogen and oxygen atoms in total. The smallest absolute Gasteiger partial charge is 0.200 e. The van der Waals surface area contributed by atoms with Crippen molar-refractivity contribution in [3.63, 3.8) is 0 Å². The van der Waals surface area contributed by atoms with Crippen molar-refractivity contribution in [3.05, 3.63) is 71.1 Å². The Balaban J connectivity index is 1.15. The third kappa shape index (κ3) is 6.95. The second-order valence-corrected chi connectivity index (χ2v) is 10.9. The summed E-state index contributed by atoms with van der Waals surface area (Å²) in [5.74, 6) is 0.602. The minimum atomic E-state index is -0.836. The number of ether oxygens (including phenoxy) is 1. The summed E-state index contributed by atoms with van der Waals surface area (Å²) in [6.45, 7) is 4.32. The van der Waals surface area contributed by atoms with Gasteiger partial charge in [0.2, 0.25) is 5.82 Å². The molecule has 4 rings (SSSR count). The number of halogens is 2. The Kier molecular flexibility index (Phi) is 9.95. The fourth-order valence-corrected chi connectivity index (χ4v) is 6.23. The molecule has 0 bridgehead atoms. The van der Waals surface area contributed by atoms with Gasteiger partial charge in [0.1, 0.15) is 0 Å². The predicted molar refractivity (Wildman–Crippen MR) is 144 cm³/mol. The highest BCUT2D eigenvalue weighted by molar-refractivity contribution is 5.33. The SMILES string of the molecule is CCCc1ccc(C2CCC(/C=C/CCC3CCC(c4ccc(OCC)c(F)c4F)CC3)CC2)nc1. The summed E-state index contributed by atoms with van der Waals surface area (Å²) in [6.07, 6.45) is 20.6. The van der Waals surface area contributed by atoms with Crippen LogP contribution in [0.3, 0.4) is 0 Å². The molecule has 2 aliphatic rings. The number of hydrogen-bond acceptors (Lipinski definition) is 2. The number of benzene rings is 1. The third-order valence-electron chi connectivity index (χ3n) is 8.39. The Hall–Kier alpha value is -2.23. The van der Waals surface area contributed by atoms with E-state index in [0.29, 0.717) is 29.9 Å². The summed E-state index contributed by atoms with van der Waals surface area (Å²) < 4.78 is 34.1.